The molecule has 39 heavy (non-hydrogen) atoms. The van der Waals surface area contributed by atoms with Gasteiger partial charge in [-0.3, -0.25) is 0 Å². The molecule has 196 valence electrons. The van der Waals surface area contributed by atoms with Gasteiger partial charge in [-0.15, -0.1) is 0 Å². The van der Waals surface area contributed by atoms with E-state index in [2.05, 4.69) is 173 Å². The molecule has 4 aromatic rings. The van der Waals surface area contributed by atoms with Crippen LogP contribution in [0.15, 0.2) is 121 Å². The Morgan fingerprint density at radius 1 is 0.333 bits per heavy atom. The molecule has 0 aromatic heterocycles. The maximum atomic E-state index is 2.23. The van der Waals surface area contributed by atoms with E-state index in [0.29, 0.717) is 0 Å². The Bertz CT molecular complexity index is 979. The molecule has 2 saturated carbocycles. The average molecular weight is 741 g/mol. The number of rotatable bonds is 6. The van der Waals surface area contributed by atoms with E-state index in [0.717, 1.165) is 0 Å². The molecule has 2 aliphatic carbocycles. The van der Waals surface area contributed by atoms with Crippen LogP contribution < -0.4 is 38.2 Å². The molecule has 0 heterocycles. The summed E-state index contributed by atoms with van der Waals surface area (Å²) in [6.07, 6.45) is 17.4. The molecular weight excluding hydrogens is 712 g/mol. The van der Waals surface area contributed by atoms with Gasteiger partial charge >= 0.3 is 37.5 Å². The van der Waals surface area contributed by atoms with Crippen LogP contribution in [0.2, 0.25) is 0 Å². The van der Waals surface area contributed by atoms with Crippen LogP contribution in [-0.2, 0) is 37.5 Å². The van der Waals surface area contributed by atoms with Gasteiger partial charge in [-0.25, -0.2) is 0 Å². The molecule has 4 aromatic carbocycles. The fourth-order valence-electron chi connectivity index (χ4n) is 4.23. The van der Waals surface area contributed by atoms with Gasteiger partial charge in [0, 0.05) is 11.3 Å². The molecule has 0 atom stereocenters. The summed E-state index contributed by atoms with van der Waals surface area (Å²) >= 11 is 0. The molecule has 2 aliphatic rings. The Labute approximate surface area is 273 Å². The second-order valence-electron chi connectivity index (χ2n) is 8.30. The first-order chi connectivity index (χ1) is 17.9. The van der Waals surface area contributed by atoms with Crippen molar-refractivity contribution < 1.29 is 54.5 Å². The second kappa shape index (κ2) is 18.8. The van der Waals surface area contributed by atoms with Gasteiger partial charge in [0.2, 0.25) is 0 Å². The molecule has 0 saturated heterocycles. The van der Waals surface area contributed by atoms with Crippen LogP contribution in [0.4, 0.5) is 0 Å². The van der Waals surface area contributed by atoms with Crippen molar-refractivity contribution in [2.75, 3.05) is 0 Å². The Morgan fingerprint density at radius 3 is 0.744 bits per heavy atom. The standard InChI is InChI=1S/2C17H14P.BrH.Fe.Pd/c2*1-3-9-15(10-4-1)18(17-13-7-8-14-17)16-11-5-2-6-12-16;;;/h2*1-14H;1H;;/q;;;2*+2/p-1. The first-order valence-electron chi connectivity index (χ1n) is 12.1. The van der Waals surface area contributed by atoms with Crippen LogP contribution in [-0.4, -0.2) is 0 Å². The largest absolute Gasteiger partial charge is 2.00 e. The van der Waals surface area contributed by atoms with Crippen molar-refractivity contribution in [2.45, 2.75) is 0 Å². The maximum absolute atomic E-state index is 2.23. The zero-order valence-electron chi connectivity index (χ0n) is 21.1. The monoisotopic (exact) mass is 739 g/mol. The number of hydrogen-bond acceptors (Lipinski definition) is 0. The van der Waals surface area contributed by atoms with E-state index in [1.54, 1.807) is 0 Å². The molecule has 0 spiro atoms. The molecule has 0 unspecified atom stereocenters. The van der Waals surface area contributed by atoms with Gasteiger partial charge in [0.05, 0.1) is 0 Å². The summed E-state index contributed by atoms with van der Waals surface area (Å²) < 4.78 is 0. The summed E-state index contributed by atoms with van der Waals surface area (Å²) in [7, 11) is -0.818. The molecule has 2 fully saturated rings. The van der Waals surface area contributed by atoms with Crippen molar-refractivity contribution in [1.29, 1.82) is 0 Å². The maximum Gasteiger partial charge on any atom is 2.00 e. The Morgan fingerprint density at radius 2 is 0.538 bits per heavy atom. The van der Waals surface area contributed by atoms with Gasteiger partial charge in [-0.1, -0.05) is 121 Å². The number of benzene rings is 4. The topological polar surface area (TPSA) is 0 Å². The van der Waals surface area contributed by atoms with Crippen LogP contribution in [0, 0.1) is 62.7 Å². The molecule has 5 heteroatoms. The van der Waals surface area contributed by atoms with Gasteiger partial charge < -0.3 is 17.0 Å². The van der Waals surface area contributed by atoms with E-state index >= 15 is 0 Å². The van der Waals surface area contributed by atoms with E-state index in [1.807, 2.05) is 0 Å². The number of hydrogen-bond donors (Lipinski definition) is 0. The summed E-state index contributed by atoms with van der Waals surface area (Å²) in [5.41, 5.74) is 2.84. The van der Waals surface area contributed by atoms with Crippen LogP contribution >= 0.6 is 15.8 Å². The molecule has 0 bridgehead atoms. The predicted molar refractivity (Wildman–Crippen MR) is 159 cm³/mol. The number of halogens is 1. The van der Waals surface area contributed by atoms with Gasteiger partial charge in [-0.05, 0) is 88.4 Å². The quantitative estimate of drug-likeness (QED) is 0.208. The Kier molecular flexibility index (Phi) is 16.6. The Hall–Kier alpha value is -0.598. The van der Waals surface area contributed by atoms with E-state index < -0.39 is 15.8 Å². The van der Waals surface area contributed by atoms with E-state index in [1.165, 1.54) is 32.5 Å². The van der Waals surface area contributed by atoms with E-state index in [-0.39, 0.29) is 54.5 Å². The van der Waals surface area contributed by atoms with Crippen LogP contribution in [0.25, 0.3) is 0 Å². The summed E-state index contributed by atoms with van der Waals surface area (Å²) in [6.45, 7) is 0. The summed E-state index contributed by atoms with van der Waals surface area (Å²) in [6, 6.07) is 43.1. The van der Waals surface area contributed by atoms with E-state index in [9.17, 15) is 0 Å². The average Bonchev–Trinajstić information content (AvgIpc) is 3.68. The SMILES string of the molecule is [Br-].[CH]1[CH][CH][C](P(c2ccccc2)c2ccccc2)[CH]1.[CH]1[CH][CH][C](P(c2ccccc2)c2ccccc2)[CH]1.[Fe+2].[Pd+2]. The third kappa shape index (κ3) is 9.73. The van der Waals surface area contributed by atoms with Gasteiger partial charge in [0.15, 0.2) is 0 Å². The summed E-state index contributed by atoms with van der Waals surface area (Å²) in [4.78, 5) is 0. The minimum atomic E-state index is -0.409. The molecular formula is C34H28BrFeP2Pd+3. The van der Waals surface area contributed by atoms with Gasteiger partial charge in [0.1, 0.15) is 0 Å². The van der Waals surface area contributed by atoms with Crippen molar-refractivity contribution in [3.8, 4) is 0 Å². The van der Waals surface area contributed by atoms with E-state index in [4.69, 9.17) is 0 Å². The first kappa shape index (κ1) is 34.6. The molecule has 6 rings (SSSR count). The molecule has 0 amide bonds. The Balaban J connectivity index is 0.000000254. The van der Waals surface area contributed by atoms with Crippen molar-refractivity contribution in [3.05, 3.63) is 184 Å². The fourth-order valence-corrected chi connectivity index (χ4v) is 8.84. The third-order valence-corrected chi connectivity index (χ3v) is 10.8. The zero-order chi connectivity index (χ0) is 24.4. The summed E-state index contributed by atoms with van der Waals surface area (Å²) in [5.74, 6) is 0. The molecule has 0 N–H and O–H groups in total. The molecule has 0 aliphatic heterocycles. The van der Waals surface area contributed by atoms with Crippen LogP contribution in [0.3, 0.4) is 0 Å². The van der Waals surface area contributed by atoms with Crippen molar-refractivity contribution in [2.24, 2.45) is 0 Å². The van der Waals surface area contributed by atoms with Gasteiger partial charge in [0.25, 0.3) is 0 Å². The zero-order valence-corrected chi connectivity index (χ0v) is 27.1. The fraction of sp³-hybridized carbons (Fsp3) is 0. The minimum Gasteiger partial charge on any atom is -1.00 e. The van der Waals surface area contributed by atoms with Crippen molar-refractivity contribution in [1.82, 2.24) is 0 Å². The molecule has 10 radical (unpaired) electrons. The van der Waals surface area contributed by atoms with Crippen molar-refractivity contribution >= 4 is 37.1 Å². The second-order valence-corrected chi connectivity index (χ2v) is 12.7. The smallest absolute Gasteiger partial charge is 1.00 e. The predicted octanol–water partition coefficient (Wildman–Crippen LogP) is 3.96. The van der Waals surface area contributed by atoms with Gasteiger partial charge in [-0.2, -0.15) is 0 Å². The normalized spacial score (nSPS) is 15.0. The van der Waals surface area contributed by atoms with Crippen LogP contribution in [0.1, 0.15) is 0 Å². The minimum absolute atomic E-state index is 0. The van der Waals surface area contributed by atoms with Crippen molar-refractivity contribution in [3.63, 3.8) is 0 Å². The summed E-state index contributed by atoms with van der Waals surface area (Å²) in [5, 5.41) is 5.63. The first-order valence-corrected chi connectivity index (χ1v) is 14.8. The third-order valence-electron chi connectivity index (χ3n) is 5.86. The molecule has 0 nitrogen and oxygen atoms in total. The van der Waals surface area contributed by atoms with Crippen LogP contribution in [0.5, 0.6) is 0 Å².